The van der Waals surface area contributed by atoms with Crippen molar-refractivity contribution in [3.05, 3.63) is 54.7 Å². The Hall–Kier alpha value is -3.41. The van der Waals surface area contributed by atoms with Crippen LogP contribution in [-0.2, 0) is 5.41 Å². The Morgan fingerprint density at radius 2 is 2.08 bits per heavy atom. The average Bonchev–Trinajstić information content (AvgIpc) is 3.60. The van der Waals surface area contributed by atoms with E-state index in [-0.39, 0.29) is 30.0 Å². The summed E-state index contributed by atoms with van der Waals surface area (Å²) in [5, 5.41) is 7.44. The molecule has 4 heterocycles. The van der Waals surface area contributed by atoms with Crippen LogP contribution in [0.5, 0.6) is 0 Å². The van der Waals surface area contributed by atoms with Crippen LogP contribution in [0.4, 0.5) is 29.6 Å². The Labute approximate surface area is 213 Å². The zero-order valence-corrected chi connectivity index (χ0v) is 20.6. The highest BCUT2D eigenvalue weighted by atomic mass is 19.4. The number of hydrogen-bond donors (Lipinski definition) is 2. The summed E-state index contributed by atoms with van der Waals surface area (Å²) < 4.78 is 46.6. The summed E-state index contributed by atoms with van der Waals surface area (Å²) >= 11 is 0. The number of halogens is 3. The van der Waals surface area contributed by atoms with E-state index in [1.165, 1.54) is 29.3 Å². The number of nitrogens with zero attached hydrogens (tertiary/aromatic N) is 6. The molecule has 12 heteroatoms. The minimum Gasteiger partial charge on any atom is -0.351 e. The molecule has 2 aromatic rings. The Balaban J connectivity index is 1.40. The quantitative estimate of drug-likeness (QED) is 0.608. The molecule has 2 aromatic heterocycles. The van der Waals surface area contributed by atoms with E-state index in [4.69, 9.17) is 5.73 Å². The van der Waals surface area contributed by atoms with Crippen LogP contribution in [-0.4, -0.2) is 75.0 Å². The van der Waals surface area contributed by atoms with Crippen molar-refractivity contribution < 1.29 is 18.0 Å². The number of carbonyl (C=O) groups excluding carboxylic acids is 1. The second kappa shape index (κ2) is 9.81. The molecule has 2 saturated heterocycles. The summed E-state index contributed by atoms with van der Waals surface area (Å²) in [5.74, 6) is -0.901. The first-order chi connectivity index (χ1) is 17.7. The van der Waals surface area contributed by atoms with Crippen molar-refractivity contribution in [3.63, 3.8) is 0 Å². The van der Waals surface area contributed by atoms with Gasteiger partial charge in [0.2, 0.25) is 5.95 Å². The summed E-state index contributed by atoms with van der Waals surface area (Å²) in [7, 11) is 2.06. The van der Waals surface area contributed by atoms with Gasteiger partial charge in [-0.1, -0.05) is 24.3 Å². The van der Waals surface area contributed by atoms with Crippen LogP contribution in [0.1, 0.15) is 31.0 Å². The number of alkyl halides is 3. The summed E-state index contributed by atoms with van der Waals surface area (Å²) in [6.07, 6.45) is 7.90. The van der Waals surface area contributed by atoms with Gasteiger partial charge in [-0.2, -0.15) is 18.3 Å². The molecular weight excluding hydrogens is 485 g/mol. The second-order valence-electron chi connectivity index (χ2n) is 10.2. The molecule has 0 bridgehead atoms. The summed E-state index contributed by atoms with van der Waals surface area (Å²) in [4.78, 5) is 23.8. The second-order valence-corrected chi connectivity index (χ2v) is 10.2. The van der Waals surface area contributed by atoms with Crippen LogP contribution in [0.3, 0.4) is 0 Å². The van der Waals surface area contributed by atoms with Crippen LogP contribution >= 0.6 is 0 Å². The van der Waals surface area contributed by atoms with Crippen molar-refractivity contribution in [2.24, 2.45) is 17.6 Å². The minimum absolute atomic E-state index is 0.0756. The summed E-state index contributed by atoms with van der Waals surface area (Å²) in [6, 6.07) is 1.04. The molecule has 2 aliphatic heterocycles. The van der Waals surface area contributed by atoms with E-state index in [0.29, 0.717) is 25.2 Å². The number of anilines is 2. The monoisotopic (exact) mass is 516 g/mol. The maximum Gasteiger partial charge on any atom is 0.403 e. The Bertz CT molecular complexity index is 1190. The van der Waals surface area contributed by atoms with Crippen molar-refractivity contribution in [1.29, 1.82) is 0 Å². The normalized spacial score (nSPS) is 28.2. The Morgan fingerprint density at radius 3 is 2.78 bits per heavy atom. The molecule has 0 radical (unpaired) electrons. The fourth-order valence-corrected chi connectivity index (χ4v) is 5.76. The number of carbonyl (C=O) groups is 1. The molecule has 2 amide bonds. The maximum atomic E-state index is 14.9. The number of hydrogen-bond acceptors (Lipinski definition) is 6. The van der Waals surface area contributed by atoms with E-state index >= 15 is 0 Å². The van der Waals surface area contributed by atoms with Crippen LogP contribution in [0.2, 0.25) is 0 Å². The van der Waals surface area contributed by atoms with E-state index in [0.717, 1.165) is 19.5 Å². The Kier molecular flexibility index (Phi) is 6.69. The number of primary amides is 1. The van der Waals surface area contributed by atoms with Gasteiger partial charge in [-0.25, -0.2) is 14.8 Å². The predicted octanol–water partition coefficient (Wildman–Crippen LogP) is 3.63. The van der Waals surface area contributed by atoms with Crippen molar-refractivity contribution in [1.82, 2.24) is 29.5 Å². The molecule has 37 heavy (non-hydrogen) atoms. The van der Waals surface area contributed by atoms with Gasteiger partial charge in [0.1, 0.15) is 5.41 Å². The van der Waals surface area contributed by atoms with Gasteiger partial charge < -0.3 is 20.9 Å². The lowest BCUT2D eigenvalue weighted by Gasteiger charge is -2.40. The van der Waals surface area contributed by atoms with Gasteiger partial charge in [-0.15, -0.1) is 0 Å². The zero-order valence-electron chi connectivity index (χ0n) is 20.6. The molecule has 3 N–H and O–H groups in total. The standard InChI is InChI=1S/C25H31F3N8O/c1-34-10-7-20(16-34)36-15-19(13-31-36)32-23-30-9-5-21(33-23)24(25(26,27)28)8-3-2-4-18(24)12-17-6-11-35(14-17)22(29)37/h2-5,8-9,13,15,17-18,20H,6-7,10-12,14,16H2,1H3,(H2,29,37)(H,30,32,33)/t17?,18?,20-,24?/m1/s1. The number of likely N-dealkylation sites (tertiary alicyclic amines) is 2. The molecule has 0 spiro atoms. The van der Waals surface area contributed by atoms with Crippen LogP contribution in [0.15, 0.2) is 49.0 Å². The highest BCUT2D eigenvalue weighted by molar-refractivity contribution is 5.72. The van der Waals surface area contributed by atoms with E-state index in [1.54, 1.807) is 18.3 Å². The SMILES string of the molecule is CN1CC[C@@H](n2cc(Nc3nccc(C4(C(F)(F)F)C=CC=CC4CC4CCN(C(N)=O)C4)n3)cn2)C1. The van der Waals surface area contributed by atoms with Gasteiger partial charge in [-0.05, 0) is 44.8 Å². The first-order valence-corrected chi connectivity index (χ1v) is 12.5. The van der Waals surface area contributed by atoms with Gasteiger partial charge in [0.15, 0.2) is 0 Å². The lowest BCUT2D eigenvalue weighted by molar-refractivity contribution is -0.189. The van der Waals surface area contributed by atoms with E-state index in [1.807, 2.05) is 10.9 Å². The van der Waals surface area contributed by atoms with Crippen molar-refractivity contribution in [2.75, 3.05) is 38.5 Å². The number of nitrogens with one attached hydrogen (secondary N) is 1. The van der Waals surface area contributed by atoms with Gasteiger partial charge in [0.05, 0.1) is 23.6 Å². The predicted molar refractivity (Wildman–Crippen MR) is 132 cm³/mol. The molecule has 4 atom stereocenters. The van der Waals surface area contributed by atoms with Crippen LogP contribution in [0, 0.1) is 11.8 Å². The fourth-order valence-electron chi connectivity index (χ4n) is 5.76. The number of allylic oxidation sites excluding steroid dienone is 4. The maximum absolute atomic E-state index is 14.9. The minimum atomic E-state index is -4.61. The number of likely N-dealkylation sites (N-methyl/N-ethyl adjacent to an activating group) is 1. The van der Waals surface area contributed by atoms with Crippen molar-refractivity contribution in [2.45, 2.75) is 36.9 Å². The third-order valence-electron chi connectivity index (χ3n) is 7.73. The third kappa shape index (κ3) is 4.94. The fraction of sp³-hybridized carbons (Fsp3) is 0.520. The molecular formula is C25H31F3N8O. The smallest absolute Gasteiger partial charge is 0.351 e. The molecule has 0 aromatic carbocycles. The molecule has 2 fully saturated rings. The lowest BCUT2D eigenvalue weighted by Crippen LogP contribution is -2.48. The number of amides is 2. The topological polar surface area (TPSA) is 105 Å². The number of nitrogens with two attached hydrogens (primary N) is 1. The summed E-state index contributed by atoms with van der Waals surface area (Å²) in [5.41, 5.74) is 3.54. The number of aromatic nitrogens is 4. The zero-order chi connectivity index (χ0) is 26.2. The van der Waals surface area contributed by atoms with E-state index in [2.05, 4.69) is 32.3 Å². The first kappa shape index (κ1) is 25.2. The highest BCUT2D eigenvalue weighted by Crippen LogP contribution is 2.51. The molecule has 3 unspecified atom stereocenters. The largest absolute Gasteiger partial charge is 0.403 e. The number of urea groups is 1. The molecule has 0 saturated carbocycles. The van der Waals surface area contributed by atoms with E-state index in [9.17, 15) is 18.0 Å². The average molecular weight is 517 g/mol. The van der Waals surface area contributed by atoms with Crippen molar-refractivity contribution in [3.8, 4) is 0 Å². The lowest BCUT2D eigenvalue weighted by atomic mass is 9.66. The Morgan fingerprint density at radius 1 is 1.24 bits per heavy atom. The molecule has 198 valence electrons. The van der Waals surface area contributed by atoms with Crippen LogP contribution in [0.25, 0.3) is 0 Å². The van der Waals surface area contributed by atoms with E-state index < -0.39 is 23.5 Å². The number of rotatable bonds is 6. The van der Waals surface area contributed by atoms with Gasteiger partial charge in [0, 0.05) is 37.9 Å². The highest BCUT2D eigenvalue weighted by Gasteiger charge is 2.60. The third-order valence-corrected chi connectivity index (χ3v) is 7.73. The van der Waals surface area contributed by atoms with Gasteiger partial charge >= 0.3 is 12.2 Å². The van der Waals surface area contributed by atoms with Crippen molar-refractivity contribution >= 4 is 17.7 Å². The molecule has 9 nitrogen and oxygen atoms in total. The molecule has 1 aliphatic carbocycles. The van der Waals surface area contributed by atoms with Gasteiger partial charge in [-0.3, -0.25) is 4.68 Å². The molecule has 5 rings (SSSR count). The van der Waals surface area contributed by atoms with Crippen LogP contribution < -0.4 is 11.1 Å². The van der Waals surface area contributed by atoms with Gasteiger partial charge in [0.25, 0.3) is 0 Å². The molecule has 3 aliphatic rings. The summed E-state index contributed by atoms with van der Waals surface area (Å²) in [6.45, 7) is 2.69. The first-order valence-electron chi connectivity index (χ1n) is 12.5.